The number of carbonyl (C=O) groups is 2. The number of nitrogens with zero attached hydrogens (tertiary/aromatic N) is 1. The van der Waals surface area contributed by atoms with E-state index in [1.807, 2.05) is 5.38 Å². The highest BCUT2D eigenvalue weighted by atomic mass is 32.1. The molecule has 0 bridgehead atoms. The number of hydrogen-bond acceptors (Lipinski definition) is 5. The topological polar surface area (TPSA) is 94.8 Å². The quantitative estimate of drug-likeness (QED) is 0.791. The second kappa shape index (κ2) is 5.82. The zero-order chi connectivity index (χ0) is 15.6. The molecule has 2 aromatic heterocycles. The van der Waals surface area contributed by atoms with Crippen molar-refractivity contribution in [3.05, 3.63) is 46.5 Å². The summed E-state index contributed by atoms with van der Waals surface area (Å²) in [6.07, 6.45) is 1.46. The minimum Gasteiger partial charge on any atom is -0.466 e. The van der Waals surface area contributed by atoms with Crippen molar-refractivity contribution < 1.29 is 19.1 Å². The minimum atomic E-state index is -1.48. The van der Waals surface area contributed by atoms with Crippen LogP contribution in [0.3, 0.4) is 0 Å². The molecule has 1 atom stereocenters. The van der Waals surface area contributed by atoms with Gasteiger partial charge in [-0.25, -0.2) is 14.5 Å². The number of hydrogen-bond donors (Lipinski definition) is 3. The van der Waals surface area contributed by atoms with Gasteiger partial charge in [0.1, 0.15) is 5.76 Å². The van der Waals surface area contributed by atoms with Gasteiger partial charge in [0.25, 0.3) is 0 Å². The van der Waals surface area contributed by atoms with E-state index < -0.39 is 17.7 Å². The average molecular weight is 321 g/mol. The van der Waals surface area contributed by atoms with Crippen molar-refractivity contribution >= 4 is 23.4 Å². The largest absolute Gasteiger partial charge is 0.466 e. The number of furan rings is 1. The maximum atomic E-state index is 12.1. The zero-order valence-corrected chi connectivity index (χ0v) is 12.4. The number of urea groups is 2. The van der Waals surface area contributed by atoms with Gasteiger partial charge < -0.3 is 20.2 Å². The van der Waals surface area contributed by atoms with Crippen LogP contribution < -0.4 is 10.6 Å². The van der Waals surface area contributed by atoms with Gasteiger partial charge >= 0.3 is 12.1 Å². The highest BCUT2D eigenvalue weighted by Crippen LogP contribution is 2.31. The lowest BCUT2D eigenvalue weighted by Crippen LogP contribution is -2.47. The summed E-state index contributed by atoms with van der Waals surface area (Å²) in [4.78, 5) is 24.6. The van der Waals surface area contributed by atoms with Crippen molar-refractivity contribution in [2.45, 2.75) is 5.60 Å². The molecule has 0 aromatic carbocycles. The highest BCUT2D eigenvalue weighted by molar-refractivity contribution is 7.08. The number of nitrogens with one attached hydrogen (secondary N) is 2. The molecule has 116 valence electrons. The summed E-state index contributed by atoms with van der Waals surface area (Å²) in [5, 5.41) is 19.7. The molecular weight excluding hydrogens is 306 g/mol. The Hall–Kier alpha value is -2.32. The Kier molecular flexibility index (Phi) is 3.86. The van der Waals surface area contributed by atoms with Crippen LogP contribution in [0.5, 0.6) is 0 Å². The van der Waals surface area contributed by atoms with E-state index in [2.05, 4.69) is 10.6 Å². The van der Waals surface area contributed by atoms with E-state index >= 15 is 0 Å². The third kappa shape index (κ3) is 2.58. The molecule has 1 saturated heterocycles. The van der Waals surface area contributed by atoms with Gasteiger partial charge in [-0.15, -0.1) is 0 Å². The highest BCUT2D eigenvalue weighted by Gasteiger charge is 2.36. The fraction of sp³-hybridized carbons (Fsp3) is 0.286. The minimum absolute atomic E-state index is 0.0974. The molecule has 0 saturated carbocycles. The predicted octanol–water partition coefficient (Wildman–Crippen LogP) is 1.31. The first-order chi connectivity index (χ1) is 10.6. The number of thiophene rings is 1. The van der Waals surface area contributed by atoms with Gasteiger partial charge in [-0.2, -0.15) is 11.3 Å². The fourth-order valence-corrected chi connectivity index (χ4v) is 3.03. The van der Waals surface area contributed by atoms with Crippen molar-refractivity contribution in [1.29, 1.82) is 0 Å². The van der Waals surface area contributed by atoms with Gasteiger partial charge in [-0.3, -0.25) is 0 Å². The molecule has 3 heterocycles. The first-order valence-electron chi connectivity index (χ1n) is 6.73. The second-order valence-electron chi connectivity index (χ2n) is 4.89. The fourth-order valence-electron chi connectivity index (χ4n) is 2.31. The van der Waals surface area contributed by atoms with Gasteiger partial charge in [0.2, 0.25) is 0 Å². The summed E-state index contributed by atoms with van der Waals surface area (Å²) in [6, 6.07) is 4.10. The van der Waals surface area contributed by atoms with Crippen LogP contribution in [-0.4, -0.2) is 41.7 Å². The van der Waals surface area contributed by atoms with Crippen LogP contribution in [0, 0.1) is 0 Å². The lowest BCUT2D eigenvalue weighted by atomic mass is 9.93. The van der Waals surface area contributed by atoms with Gasteiger partial charge in [0.15, 0.2) is 5.60 Å². The SMILES string of the molecule is O=C1NCCN1C(=O)NC[C@@](O)(c1ccsc1)c1ccco1. The summed E-state index contributed by atoms with van der Waals surface area (Å²) < 4.78 is 5.31. The standard InChI is InChI=1S/C14H15N3O4S/c18-12-15-4-5-17(12)13(19)16-9-14(20,10-3-7-22-8-10)11-2-1-6-21-11/h1-3,6-8,20H,4-5,9H2,(H,15,18)(H,16,19)/t14-/m1/s1. The molecule has 0 radical (unpaired) electrons. The first kappa shape index (κ1) is 14.6. The van der Waals surface area contributed by atoms with Crippen LogP contribution in [0.15, 0.2) is 39.6 Å². The van der Waals surface area contributed by atoms with E-state index in [9.17, 15) is 14.7 Å². The van der Waals surface area contributed by atoms with Crippen molar-refractivity contribution in [3.63, 3.8) is 0 Å². The van der Waals surface area contributed by atoms with E-state index in [4.69, 9.17) is 4.42 Å². The van der Waals surface area contributed by atoms with Crippen LogP contribution >= 0.6 is 11.3 Å². The molecule has 8 heteroatoms. The summed E-state index contributed by atoms with van der Waals surface area (Å²) in [5.41, 5.74) is -0.853. The molecule has 0 aliphatic carbocycles. The van der Waals surface area contributed by atoms with E-state index in [-0.39, 0.29) is 6.54 Å². The Morgan fingerprint density at radius 1 is 1.55 bits per heavy atom. The van der Waals surface area contributed by atoms with E-state index in [0.717, 1.165) is 4.90 Å². The molecule has 1 fully saturated rings. The summed E-state index contributed by atoms with van der Waals surface area (Å²) in [6.45, 7) is 0.640. The van der Waals surface area contributed by atoms with Gasteiger partial charge in [0.05, 0.1) is 12.8 Å². The Labute approximate surface area is 130 Å². The Bertz CT molecular complexity index is 619. The van der Waals surface area contributed by atoms with Crippen molar-refractivity contribution in [2.24, 2.45) is 0 Å². The third-order valence-electron chi connectivity index (χ3n) is 3.52. The number of amides is 4. The molecule has 2 aromatic rings. The number of carbonyl (C=O) groups excluding carboxylic acids is 2. The molecule has 3 rings (SSSR count). The third-order valence-corrected chi connectivity index (χ3v) is 4.21. The van der Waals surface area contributed by atoms with Crippen LogP contribution in [0.1, 0.15) is 11.3 Å². The molecule has 0 unspecified atom stereocenters. The molecule has 22 heavy (non-hydrogen) atoms. The molecule has 4 amide bonds. The maximum Gasteiger partial charge on any atom is 0.325 e. The molecular formula is C14H15N3O4S. The monoisotopic (exact) mass is 321 g/mol. The average Bonchev–Trinajstić information content (AvgIpc) is 3.24. The number of rotatable bonds is 4. The van der Waals surface area contributed by atoms with Crippen LogP contribution in [0.4, 0.5) is 9.59 Å². The van der Waals surface area contributed by atoms with E-state index in [1.165, 1.54) is 17.6 Å². The van der Waals surface area contributed by atoms with Crippen molar-refractivity contribution in [1.82, 2.24) is 15.5 Å². The van der Waals surface area contributed by atoms with Gasteiger partial charge in [-0.1, -0.05) is 0 Å². The van der Waals surface area contributed by atoms with Crippen LogP contribution in [-0.2, 0) is 5.60 Å². The normalized spacial score (nSPS) is 17.1. The molecule has 0 spiro atoms. The zero-order valence-electron chi connectivity index (χ0n) is 11.6. The number of aliphatic hydroxyl groups is 1. The first-order valence-corrected chi connectivity index (χ1v) is 7.68. The Morgan fingerprint density at radius 2 is 2.41 bits per heavy atom. The van der Waals surface area contributed by atoms with E-state index in [1.54, 1.807) is 23.6 Å². The Morgan fingerprint density at radius 3 is 3.00 bits per heavy atom. The molecule has 7 nitrogen and oxygen atoms in total. The number of imide groups is 1. The van der Waals surface area contributed by atoms with Crippen molar-refractivity contribution in [2.75, 3.05) is 19.6 Å². The van der Waals surface area contributed by atoms with Crippen LogP contribution in [0.25, 0.3) is 0 Å². The van der Waals surface area contributed by atoms with Gasteiger partial charge in [-0.05, 0) is 29.0 Å². The smallest absolute Gasteiger partial charge is 0.325 e. The lowest BCUT2D eigenvalue weighted by Gasteiger charge is -2.26. The second-order valence-corrected chi connectivity index (χ2v) is 5.67. The molecule has 1 aliphatic rings. The van der Waals surface area contributed by atoms with Gasteiger partial charge in [0, 0.05) is 18.7 Å². The maximum absolute atomic E-state index is 12.1. The molecule has 3 N–H and O–H groups in total. The van der Waals surface area contributed by atoms with Crippen molar-refractivity contribution in [3.8, 4) is 0 Å². The lowest BCUT2D eigenvalue weighted by molar-refractivity contribution is 0.0581. The summed E-state index contributed by atoms with van der Waals surface area (Å²) in [7, 11) is 0. The molecule has 1 aliphatic heterocycles. The summed E-state index contributed by atoms with van der Waals surface area (Å²) >= 11 is 1.43. The van der Waals surface area contributed by atoms with E-state index in [0.29, 0.717) is 24.4 Å². The predicted molar refractivity (Wildman–Crippen MR) is 79.5 cm³/mol. The summed E-state index contributed by atoms with van der Waals surface area (Å²) in [5.74, 6) is 0.331. The Balaban J connectivity index is 1.77. The van der Waals surface area contributed by atoms with Crippen LogP contribution in [0.2, 0.25) is 0 Å².